The Balaban J connectivity index is 1.58. The van der Waals surface area contributed by atoms with Gasteiger partial charge in [0.1, 0.15) is 48.5 Å². The molecular weight excluding hydrogens is 444 g/mol. The summed E-state index contributed by atoms with van der Waals surface area (Å²) in [4.78, 5) is 12.1. The number of rotatable bonds is 6. The summed E-state index contributed by atoms with van der Waals surface area (Å²) in [6.07, 6.45) is -12.3. The second-order valence-electron chi connectivity index (χ2n) is 7.89. The van der Waals surface area contributed by atoms with E-state index < -0.39 is 74.0 Å². The molecule has 1 aromatic rings. The van der Waals surface area contributed by atoms with Gasteiger partial charge in [-0.3, -0.25) is 0 Å². The Morgan fingerprint density at radius 2 is 1.48 bits per heavy atom. The Kier molecular flexibility index (Phi) is 8.39. The van der Waals surface area contributed by atoms with Crippen molar-refractivity contribution >= 4 is 12.0 Å². The number of aliphatic hydroxyl groups is 6. The molecule has 12 nitrogen and oxygen atoms in total. The van der Waals surface area contributed by atoms with Gasteiger partial charge in [-0.15, -0.1) is 0 Å². The molecule has 0 bridgehead atoms. The zero-order valence-corrected chi connectivity index (χ0v) is 17.6. The highest BCUT2D eigenvalue weighted by Crippen LogP contribution is 2.26. The molecule has 0 amide bonds. The van der Waals surface area contributed by atoms with Gasteiger partial charge in [-0.05, 0) is 30.7 Å². The molecule has 7 N–H and O–H groups in total. The van der Waals surface area contributed by atoms with Crippen molar-refractivity contribution in [3.05, 3.63) is 35.9 Å². The van der Waals surface area contributed by atoms with Gasteiger partial charge in [0.25, 0.3) is 0 Å². The third-order valence-corrected chi connectivity index (χ3v) is 5.44. The first-order chi connectivity index (χ1) is 15.6. The summed E-state index contributed by atoms with van der Waals surface area (Å²) in [5, 5.41) is 69.3. The lowest BCUT2D eigenvalue weighted by Gasteiger charge is -2.42. The van der Waals surface area contributed by atoms with Gasteiger partial charge >= 0.3 is 5.97 Å². The first kappa shape index (κ1) is 25.5. The van der Waals surface area contributed by atoms with Crippen LogP contribution in [0.1, 0.15) is 12.5 Å². The summed E-state index contributed by atoms with van der Waals surface area (Å²) in [5.41, 5.74) is 0.587. The average molecular weight is 472 g/mol. The third-order valence-electron chi connectivity index (χ3n) is 5.44. The number of aromatic hydroxyl groups is 1. The van der Waals surface area contributed by atoms with Crippen LogP contribution in [0.15, 0.2) is 30.3 Å². The van der Waals surface area contributed by atoms with Crippen LogP contribution in [0, 0.1) is 0 Å². The molecule has 0 unspecified atom stereocenters. The van der Waals surface area contributed by atoms with Gasteiger partial charge < -0.3 is 54.7 Å². The molecule has 12 heteroatoms. The Morgan fingerprint density at radius 1 is 0.879 bits per heavy atom. The molecule has 184 valence electrons. The van der Waals surface area contributed by atoms with E-state index in [0.717, 1.165) is 6.08 Å². The van der Waals surface area contributed by atoms with Gasteiger partial charge in [-0.2, -0.15) is 0 Å². The van der Waals surface area contributed by atoms with E-state index in [1.807, 2.05) is 0 Å². The Morgan fingerprint density at radius 3 is 2.15 bits per heavy atom. The Labute approximate surface area is 188 Å². The predicted octanol–water partition coefficient (Wildman–Crippen LogP) is -2.40. The second kappa shape index (κ2) is 10.9. The van der Waals surface area contributed by atoms with E-state index in [4.69, 9.17) is 18.9 Å². The van der Waals surface area contributed by atoms with Crippen molar-refractivity contribution in [2.45, 2.75) is 68.3 Å². The number of phenolic OH excluding ortho intramolecular Hbond substituents is 1. The fourth-order valence-electron chi connectivity index (χ4n) is 3.40. The number of carbonyl (C=O) groups is 1. The maximum atomic E-state index is 12.1. The monoisotopic (exact) mass is 472 g/mol. The molecule has 0 aromatic heterocycles. The van der Waals surface area contributed by atoms with E-state index in [2.05, 4.69) is 0 Å². The molecule has 0 aliphatic carbocycles. The molecule has 0 saturated carbocycles. The Hall–Kier alpha value is -2.13. The summed E-state index contributed by atoms with van der Waals surface area (Å²) >= 11 is 0. The minimum Gasteiger partial charge on any atom is -0.508 e. The highest BCUT2D eigenvalue weighted by Gasteiger charge is 2.47. The van der Waals surface area contributed by atoms with E-state index in [0.29, 0.717) is 5.56 Å². The normalized spacial score (nSPS) is 39.5. The van der Waals surface area contributed by atoms with Crippen LogP contribution in [0.4, 0.5) is 0 Å². The van der Waals surface area contributed by atoms with Crippen LogP contribution in [0.5, 0.6) is 5.75 Å². The number of phenols is 1. The first-order valence-corrected chi connectivity index (χ1v) is 10.3. The average Bonchev–Trinajstić information content (AvgIpc) is 2.79. The molecule has 2 heterocycles. The van der Waals surface area contributed by atoms with Crippen molar-refractivity contribution in [1.82, 2.24) is 0 Å². The number of esters is 1. The largest absolute Gasteiger partial charge is 0.508 e. The molecular formula is C21H28O12. The number of hydrogen-bond acceptors (Lipinski definition) is 12. The number of benzene rings is 1. The SMILES string of the molecule is C[C@H]1O[C@H](OC[C@H]2O[C@@H](OC(=O)/C=C/c3ccc(O)cc3)[C@H](O)[C@@H](O)[C@@H]2O)[C@H](O)[C@@H](O)[C@@H]1O. The molecule has 2 aliphatic rings. The summed E-state index contributed by atoms with van der Waals surface area (Å²) in [5.74, 6) is -0.854. The zero-order valence-electron chi connectivity index (χ0n) is 17.6. The van der Waals surface area contributed by atoms with E-state index in [1.165, 1.54) is 25.1 Å². The van der Waals surface area contributed by atoms with E-state index in [1.54, 1.807) is 12.1 Å². The van der Waals surface area contributed by atoms with Gasteiger partial charge in [0.05, 0.1) is 12.7 Å². The van der Waals surface area contributed by atoms with Crippen LogP contribution < -0.4 is 0 Å². The quantitative estimate of drug-likeness (QED) is 0.172. The number of hydrogen-bond donors (Lipinski definition) is 7. The smallest absolute Gasteiger partial charge is 0.333 e. The molecule has 33 heavy (non-hydrogen) atoms. The van der Waals surface area contributed by atoms with Gasteiger partial charge in [0, 0.05) is 6.08 Å². The maximum Gasteiger partial charge on any atom is 0.333 e. The maximum absolute atomic E-state index is 12.1. The van der Waals surface area contributed by atoms with Crippen molar-refractivity contribution in [3.63, 3.8) is 0 Å². The minimum absolute atomic E-state index is 0.0561. The topological polar surface area (TPSA) is 196 Å². The highest BCUT2D eigenvalue weighted by molar-refractivity contribution is 5.87. The molecule has 10 atom stereocenters. The molecule has 3 rings (SSSR count). The molecule has 2 saturated heterocycles. The first-order valence-electron chi connectivity index (χ1n) is 10.3. The van der Waals surface area contributed by atoms with Gasteiger partial charge in [-0.1, -0.05) is 12.1 Å². The van der Waals surface area contributed by atoms with Crippen molar-refractivity contribution in [1.29, 1.82) is 0 Å². The molecule has 2 aliphatic heterocycles. The van der Waals surface area contributed by atoms with Gasteiger partial charge in [0.2, 0.25) is 6.29 Å². The van der Waals surface area contributed by atoms with Gasteiger partial charge in [-0.25, -0.2) is 4.79 Å². The summed E-state index contributed by atoms with van der Waals surface area (Å²) in [6.45, 7) is 0.989. The highest BCUT2D eigenvalue weighted by atomic mass is 16.7. The van der Waals surface area contributed by atoms with E-state index in [-0.39, 0.29) is 5.75 Å². The summed E-state index contributed by atoms with van der Waals surface area (Å²) in [6, 6.07) is 5.96. The third kappa shape index (κ3) is 6.06. The summed E-state index contributed by atoms with van der Waals surface area (Å²) in [7, 11) is 0. The molecule has 0 spiro atoms. The number of carbonyl (C=O) groups excluding carboxylic acids is 1. The molecule has 2 fully saturated rings. The van der Waals surface area contributed by atoms with Crippen LogP contribution in [0.25, 0.3) is 6.08 Å². The Bertz CT molecular complexity index is 814. The lowest BCUT2D eigenvalue weighted by atomic mass is 9.98. The van der Waals surface area contributed by atoms with Crippen molar-refractivity contribution < 1.29 is 59.5 Å². The molecule has 0 radical (unpaired) electrons. The molecule has 1 aromatic carbocycles. The van der Waals surface area contributed by atoms with Crippen molar-refractivity contribution in [2.24, 2.45) is 0 Å². The van der Waals surface area contributed by atoms with Crippen LogP contribution >= 0.6 is 0 Å². The fraction of sp³-hybridized carbons (Fsp3) is 0.571. The number of aliphatic hydroxyl groups excluding tert-OH is 6. The lowest BCUT2D eigenvalue weighted by Crippen LogP contribution is -2.61. The van der Waals surface area contributed by atoms with Gasteiger partial charge in [0.15, 0.2) is 6.29 Å². The van der Waals surface area contributed by atoms with E-state index >= 15 is 0 Å². The standard InChI is InChI=1S/C21H28O12/c1-9-14(24)16(26)18(28)20(31-9)30-8-12-15(25)17(27)19(29)21(32-12)33-13(23)7-4-10-2-5-11(22)6-3-10/h2-7,9,12,14-22,24-29H,8H2,1H3/b7-4+/t9-,12-,14-,15-,16+,17+,18-,19-,20+,21+/m1/s1. The van der Waals surface area contributed by atoms with Crippen LogP contribution in [-0.4, -0.2) is 110 Å². The number of ether oxygens (including phenoxy) is 4. The van der Waals surface area contributed by atoms with Crippen LogP contribution in [-0.2, 0) is 23.7 Å². The fourth-order valence-corrected chi connectivity index (χ4v) is 3.40. The zero-order chi connectivity index (χ0) is 24.3. The van der Waals surface area contributed by atoms with Crippen LogP contribution in [0.2, 0.25) is 0 Å². The van der Waals surface area contributed by atoms with Crippen LogP contribution in [0.3, 0.4) is 0 Å². The second-order valence-corrected chi connectivity index (χ2v) is 7.89. The van der Waals surface area contributed by atoms with Crippen molar-refractivity contribution in [2.75, 3.05) is 6.61 Å². The van der Waals surface area contributed by atoms with Crippen molar-refractivity contribution in [3.8, 4) is 5.75 Å². The van der Waals surface area contributed by atoms with E-state index in [9.17, 15) is 40.5 Å². The summed E-state index contributed by atoms with van der Waals surface area (Å²) < 4.78 is 21.0. The minimum atomic E-state index is -1.75. The predicted molar refractivity (Wildman–Crippen MR) is 108 cm³/mol. The lowest BCUT2D eigenvalue weighted by molar-refractivity contribution is -0.323.